The molecule has 122 valence electrons. The number of aryl methyl sites for hydroxylation is 1. The number of halogens is 1. The number of nitrogens with zero attached hydrogens (tertiary/aromatic N) is 4. The second-order valence-electron chi connectivity index (χ2n) is 5.21. The molecule has 8 heteroatoms. The average molecular weight is 320 g/mol. The Morgan fingerprint density at radius 3 is 2.52 bits per heavy atom. The molecule has 0 N–H and O–H groups in total. The predicted octanol–water partition coefficient (Wildman–Crippen LogP) is 1.24. The molecule has 1 aromatic heterocycles. The Balaban J connectivity index is 1.47. The standard InChI is InChI=1S/C15H17FN4O3/c1-11-17-18-15(23-11)20-8-6-19(7-9-20)14(21)10-22-13-4-2-12(16)3-5-13/h2-5H,6-10H2,1H3. The number of anilines is 1. The molecule has 0 bridgehead atoms. The fourth-order valence-corrected chi connectivity index (χ4v) is 2.33. The van der Waals surface area contributed by atoms with E-state index in [1.807, 2.05) is 4.90 Å². The third kappa shape index (κ3) is 3.77. The Morgan fingerprint density at radius 2 is 1.91 bits per heavy atom. The number of rotatable bonds is 4. The van der Waals surface area contributed by atoms with Crippen LogP contribution in [-0.2, 0) is 4.79 Å². The fraction of sp³-hybridized carbons (Fsp3) is 0.400. The van der Waals surface area contributed by atoms with E-state index in [0.717, 1.165) is 0 Å². The van der Waals surface area contributed by atoms with Crippen molar-refractivity contribution >= 4 is 11.9 Å². The molecule has 0 saturated carbocycles. The monoisotopic (exact) mass is 320 g/mol. The van der Waals surface area contributed by atoms with Gasteiger partial charge in [-0.05, 0) is 24.3 Å². The average Bonchev–Trinajstić information content (AvgIpc) is 3.01. The van der Waals surface area contributed by atoms with E-state index < -0.39 is 0 Å². The van der Waals surface area contributed by atoms with Crippen LogP contribution in [0.1, 0.15) is 5.89 Å². The minimum absolute atomic E-state index is 0.0642. The molecule has 2 aromatic rings. The third-order valence-electron chi connectivity index (χ3n) is 3.59. The Morgan fingerprint density at radius 1 is 1.22 bits per heavy atom. The zero-order valence-electron chi connectivity index (χ0n) is 12.7. The Kier molecular flexibility index (Phi) is 4.40. The highest BCUT2D eigenvalue weighted by atomic mass is 19.1. The summed E-state index contributed by atoms with van der Waals surface area (Å²) in [6.45, 7) is 4.06. The van der Waals surface area contributed by atoms with Crippen molar-refractivity contribution in [3.8, 4) is 5.75 Å². The van der Waals surface area contributed by atoms with Crippen LogP contribution < -0.4 is 9.64 Å². The van der Waals surface area contributed by atoms with Crippen molar-refractivity contribution in [3.05, 3.63) is 36.0 Å². The quantitative estimate of drug-likeness (QED) is 0.844. The van der Waals surface area contributed by atoms with Gasteiger partial charge in [0.1, 0.15) is 11.6 Å². The molecule has 3 rings (SSSR count). The van der Waals surface area contributed by atoms with Crippen LogP contribution in [-0.4, -0.2) is 53.8 Å². The van der Waals surface area contributed by atoms with E-state index >= 15 is 0 Å². The van der Waals surface area contributed by atoms with Gasteiger partial charge in [0.2, 0.25) is 5.89 Å². The zero-order valence-corrected chi connectivity index (χ0v) is 12.7. The van der Waals surface area contributed by atoms with Crippen molar-refractivity contribution in [2.45, 2.75) is 6.92 Å². The largest absolute Gasteiger partial charge is 0.484 e. The molecule has 2 heterocycles. The summed E-state index contributed by atoms with van der Waals surface area (Å²) in [4.78, 5) is 15.8. The van der Waals surface area contributed by atoms with Gasteiger partial charge >= 0.3 is 6.01 Å². The lowest BCUT2D eigenvalue weighted by atomic mass is 10.3. The lowest BCUT2D eigenvalue weighted by molar-refractivity contribution is -0.133. The van der Waals surface area contributed by atoms with E-state index in [4.69, 9.17) is 9.15 Å². The van der Waals surface area contributed by atoms with Crippen LogP contribution in [0.5, 0.6) is 5.75 Å². The Bertz CT molecular complexity index is 666. The molecule has 0 spiro atoms. The van der Waals surface area contributed by atoms with Gasteiger partial charge in [-0.25, -0.2) is 4.39 Å². The maximum absolute atomic E-state index is 12.8. The summed E-state index contributed by atoms with van der Waals surface area (Å²) in [5.41, 5.74) is 0. The van der Waals surface area contributed by atoms with Crippen LogP contribution in [0.15, 0.2) is 28.7 Å². The topological polar surface area (TPSA) is 71.7 Å². The number of benzene rings is 1. The maximum Gasteiger partial charge on any atom is 0.318 e. The molecule has 0 aliphatic carbocycles. The highest BCUT2D eigenvalue weighted by Crippen LogP contribution is 2.15. The number of amides is 1. The summed E-state index contributed by atoms with van der Waals surface area (Å²) in [5.74, 6) is 0.553. The normalized spacial score (nSPS) is 14.9. The number of carbonyl (C=O) groups is 1. The minimum Gasteiger partial charge on any atom is -0.484 e. The van der Waals surface area contributed by atoms with Gasteiger partial charge in [0.05, 0.1) is 0 Å². The van der Waals surface area contributed by atoms with E-state index in [2.05, 4.69) is 10.2 Å². The molecule has 1 aromatic carbocycles. The van der Waals surface area contributed by atoms with Gasteiger partial charge in [-0.1, -0.05) is 5.10 Å². The van der Waals surface area contributed by atoms with Crippen molar-refractivity contribution < 1.29 is 18.3 Å². The van der Waals surface area contributed by atoms with Crippen molar-refractivity contribution in [3.63, 3.8) is 0 Å². The van der Waals surface area contributed by atoms with E-state index in [1.54, 1.807) is 11.8 Å². The molecular weight excluding hydrogens is 303 g/mol. The molecule has 0 unspecified atom stereocenters. The van der Waals surface area contributed by atoms with E-state index in [0.29, 0.717) is 43.8 Å². The first-order valence-corrected chi connectivity index (χ1v) is 7.33. The van der Waals surface area contributed by atoms with Gasteiger partial charge in [0.25, 0.3) is 5.91 Å². The number of aromatic nitrogens is 2. The lowest BCUT2D eigenvalue weighted by Gasteiger charge is -2.33. The summed E-state index contributed by atoms with van der Waals surface area (Å²) in [6.07, 6.45) is 0. The van der Waals surface area contributed by atoms with Gasteiger partial charge in [0.15, 0.2) is 6.61 Å². The van der Waals surface area contributed by atoms with E-state index in [-0.39, 0.29) is 18.3 Å². The number of ether oxygens (including phenoxy) is 1. The smallest absolute Gasteiger partial charge is 0.318 e. The molecule has 7 nitrogen and oxygen atoms in total. The summed E-state index contributed by atoms with van der Waals surface area (Å²) in [5, 5.41) is 7.77. The van der Waals surface area contributed by atoms with Crippen LogP contribution in [0.4, 0.5) is 10.4 Å². The van der Waals surface area contributed by atoms with Crippen LogP contribution in [0, 0.1) is 12.7 Å². The highest BCUT2D eigenvalue weighted by molar-refractivity contribution is 5.78. The number of carbonyl (C=O) groups excluding carboxylic acids is 1. The fourth-order valence-electron chi connectivity index (χ4n) is 2.33. The molecule has 1 aliphatic rings. The summed E-state index contributed by atoms with van der Waals surface area (Å²) < 4.78 is 23.6. The number of hydrogen-bond donors (Lipinski definition) is 0. The first-order chi connectivity index (χ1) is 11.1. The summed E-state index contributed by atoms with van der Waals surface area (Å²) in [7, 11) is 0. The van der Waals surface area contributed by atoms with E-state index in [9.17, 15) is 9.18 Å². The van der Waals surface area contributed by atoms with Gasteiger partial charge < -0.3 is 19.0 Å². The first-order valence-electron chi connectivity index (χ1n) is 7.33. The maximum atomic E-state index is 12.8. The molecule has 1 amide bonds. The summed E-state index contributed by atoms with van der Waals surface area (Å²) in [6, 6.07) is 6.07. The van der Waals surface area contributed by atoms with Crippen molar-refractivity contribution in [1.29, 1.82) is 0 Å². The first kappa shape index (κ1) is 15.3. The summed E-state index contributed by atoms with van der Waals surface area (Å²) >= 11 is 0. The second-order valence-corrected chi connectivity index (χ2v) is 5.21. The van der Waals surface area contributed by atoms with Crippen LogP contribution in [0.3, 0.4) is 0 Å². The molecule has 0 atom stereocenters. The van der Waals surface area contributed by atoms with Gasteiger partial charge in [-0.15, -0.1) is 5.10 Å². The minimum atomic E-state index is -0.337. The van der Waals surface area contributed by atoms with Crippen LogP contribution >= 0.6 is 0 Å². The van der Waals surface area contributed by atoms with Crippen LogP contribution in [0.2, 0.25) is 0 Å². The third-order valence-corrected chi connectivity index (χ3v) is 3.59. The zero-order chi connectivity index (χ0) is 16.2. The number of piperazine rings is 1. The van der Waals surface area contributed by atoms with Crippen molar-refractivity contribution in [2.75, 3.05) is 37.7 Å². The van der Waals surface area contributed by atoms with E-state index in [1.165, 1.54) is 24.3 Å². The Hall–Kier alpha value is -2.64. The molecule has 0 radical (unpaired) electrons. The Labute approximate surface area is 132 Å². The predicted molar refractivity (Wildman–Crippen MR) is 79.7 cm³/mol. The van der Waals surface area contributed by atoms with Crippen molar-refractivity contribution in [1.82, 2.24) is 15.1 Å². The molecule has 23 heavy (non-hydrogen) atoms. The highest BCUT2D eigenvalue weighted by Gasteiger charge is 2.24. The lowest BCUT2D eigenvalue weighted by Crippen LogP contribution is -2.50. The molecule has 1 fully saturated rings. The van der Waals surface area contributed by atoms with Gasteiger partial charge in [-0.2, -0.15) is 0 Å². The number of hydrogen-bond acceptors (Lipinski definition) is 6. The van der Waals surface area contributed by atoms with Gasteiger partial charge in [-0.3, -0.25) is 4.79 Å². The molecule has 1 saturated heterocycles. The molecular formula is C15H17FN4O3. The van der Waals surface area contributed by atoms with Gasteiger partial charge in [0, 0.05) is 33.1 Å². The second kappa shape index (κ2) is 6.64. The van der Waals surface area contributed by atoms with Crippen LogP contribution in [0.25, 0.3) is 0 Å². The SMILES string of the molecule is Cc1nnc(N2CCN(C(=O)COc3ccc(F)cc3)CC2)o1. The molecule has 1 aliphatic heterocycles. The van der Waals surface area contributed by atoms with Crippen molar-refractivity contribution in [2.24, 2.45) is 0 Å².